The van der Waals surface area contributed by atoms with Crippen LogP contribution in [0.3, 0.4) is 0 Å². The van der Waals surface area contributed by atoms with Crippen molar-refractivity contribution < 1.29 is 18.7 Å². The Morgan fingerprint density at radius 3 is 2.63 bits per heavy atom. The van der Waals surface area contributed by atoms with E-state index in [9.17, 15) is 14.0 Å². The Labute approximate surface area is 175 Å². The SMILES string of the molecule is BC(F)(P)Oc1ccc(-n2nc(C(=O)OCC)c(=O)c3c(CC#N)cccc32)cc1. The number of esters is 1. The smallest absolute Gasteiger partial charge is 0.362 e. The maximum atomic E-state index is 13.7. The van der Waals surface area contributed by atoms with E-state index in [1.165, 1.54) is 12.5 Å². The fraction of sp³-hybridized carbons (Fsp3) is 0.200. The van der Waals surface area contributed by atoms with Crippen molar-refractivity contribution in [2.45, 2.75) is 18.8 Å². The van der Waals surface area contributed by atoms with Crippen LogP contribution in [-0.2, 0) is 11.2 Å². The average molecular weight is 425 g/mol. The van der Waals surface area contributed by atoms with Crippen LogP contribution < -0.4 is 10.2 Å². The Morgan fingerprint density at radius 2 is 2.03 bits per heavy atom. The van der Waals surface area contributed by atoms with Gasteiger partial charge < -0.3 is 9.47 Å². The van der Waals surface area contributed by atoms with Gasteiger partial charge in [-0.15, -0.1) is 0 Å². The Balaban J connectivity index is 2.24. The molecule has 0 spiro atoms. The van der Waals surface area contributed by atoms with Gasteiger partial charge in [0.1, 0.15) is 5.75 Å². The summed E-state index contributed by atoms with van der Waals surface area (Å²) in [5, 5.41) is 13.6. The third-order valence-corrected chi connectivity index (χ3v) is 4.25. The summed E-state index contributed by atoms with van der Waals surface area (Å²) in [7, 11) is 3.20. The minimum atomic E-state index is -1.92. The number of alkyl halides is 1. The van der Waals surface area contributed by atoms with E-state index in [0.717, 1.165) is 0 Å². The lowest BCUT2D eigenvalue weighted by molar-refractivity contribution is 0.0516. The van der Waals surface area contributed by atoms with Crippen LogP contribution in [0.5, 0.6) is 5.75 Å². The highest BCUT2D eigenvalue weighted by Crippen LogP contribution is 2.25. The van der Waals surface area contributed by atoms with Crippen LogP contribution in [0, 0.1) is 11.3 Å². The van der Waals surface area contributed by atoms with E-state index >= 15 is 0 Å². The average Bonchev–Trinajstić information content (AvgIpc) is 2.68. The number of hydrogen-bond acceptors (Lipinski definition) is 6. The molecule has 3 rings (SSSR count). The molecule has 2 atom stereocenters. The van der Waals surface area contributed by atoms with Crippen molar-refractivity contribution >= 4 is 34.0 Å². The number of nitrogens with zero attached hydrogens (tertiary/aromatic N) is 3. The summed E-state index contributed by atoms with van der Waals surface area (Å²) in [5.74, 6) is -0.555. The maximum Gasteiger partial charge on any atom is 0.362 e. The lowest BCUT2D eigenvalue weighted by atomic mass is 10.0. The summed E-state index contributed by atoms with van der Waals surface area (Å²) in [6, 6.07) is 13.4. The van der Waals surface area contributed by atoms with Crippen molar-refractivity contribution in [2.24, 2.45) is 0 Å². The molecule has 0 aliphatic heterocycles. The predicted octanol–water partition coefficient (Wildman–Crippen LogP) is 2.10. The van der Waals surface area contributed by atoms with Gasteiger partial charge in [0.15, 0.2) is 0 Å². The van der Waals surface area contributed by atoms with Crippen LogP contribution in [0.2, 0.25) is 0 Å². The monoisotopic (exact) mass is 425 g/mol. The Bertz CT molecular complexity index is 1200. The molecule has 1 aromatic heterocycles. The molecule has 152 valence electrons. The third-order valence-electron chi connectivity index (χ3n) is 4.14. The fourth-order valence-corrected chi connectivity index (χ4v) is 3.13. The van der Waals surface area contributed by atoms with Gasteiger partial charge in [0, 0.05) is 0 Å². The summed E-state index contributed by atoms with van der Waals surface area (Å²) in [6.45, 7) is 1.71. The second-order valence-corrected chi connectivity index (χ2v) is 7.57. The lowest BCUT2D eigenvalue weighted by Gasteiger charge is -2.18. The van der Waals surface area contributed by atoms with Crippen molar-refractivity contribution in [3.8, 4) is 17.5 Å². The molecule has 0 bridgehead atoms. The molecule has 0 fully saturated rings. The molecular weight excluding hydrogens is 407 g/mol. The molecule has 2 unspecified atom stereocenters. The van der Waals surface area contributed by atoms with Gasteiger partial charge in [0.25, 0.3) is 0 Å². The van der Waals surface area contributed by atoms with Gasteiger partial charge in [-0.1, -0.05) is 21.4 Å². The summed E-state index contributed by atoms with van der Waals surface area (Å²) >= 11 is 0. The van der Waals surface area contributed by atoms with E-state index in [1.807, 2.05) is 15.3 Å². The molecule has 7 nitrogen and oxygen atoms in total. The van der Waals surface area contributed by atoms with Crippen LogP contribution in [0.15, 0.2) is 47.3 Å². The molecule has 30 heavy (non-hydrogen) atoms. The number of nitriles is 1. The minimum absolute atomic E-state index is 0.00507. The molecule has 3 aromatic rings. The van der Waals surface area contributed by atoms with E-state index < -0.39 is 16.9 Å². The zero-order valence-electron chi connectivity index (χ0n) is 16.4. The molecule has 10 heteroatoms. The first-order valence-electron chi connectivity index (χ1n) is 9.11. The number of ether oxygens (including phenoxy) is 2. The molecule has 2 aromatic carbocycles. The zero-order chi connectivity index (χ0) is 21.9. The highest BCUT2D eigenvalue weighted by atomic mass is 31.0. The first kappa shape index (κ1) is 21.5. The minimum Gasteiger partial charge on any atom is -0.464 e. The van der Waals surface area contributed by atoms with Crippen LogP contribution >= 0.6 is 9.24 Å². The Kier molecular flexibility index (Phi) is 6.18. The number of rotatable bonds is 6. The van der Waals surface area contributed by atoms with Crippen LogP contribution in [-0.4, -0.2) is 35.7 Å². The highest BCUT2D eigenvalue weighted by Gasteiger charge is 2.21. The Hall–Kier alpha value is -3.24. The van der Waals surface area contributed by atoms with E-state index in [2.05, 4.69) is 5.10 Å². The maximum absolute atomic E-state index is 13.7. The number of aromatic nitrogens is 2. The van der Waals surface area contributed by atoms with Crippen LogP contribution in [0.4, 0.5) is 4.39 Å². The van der Waals surface area contributed by atoms with E-state index in [0.29, 0.717) is 22.5 Å². The van der Waals surface area contributed by atoms with Gasteiger partial charge >= 0.3 is 5.97 Å². The van der Waals surface area contributed by atoms with Crippen LogP contribution in [0.25, 0.3) is 16.6 Å². The number of fused-ring (bicyclic) bond motifs is 1. The normalized spacial score (nSPS) is 12.7. The predicted molar refractivity (Wildman–Crippen MR) is 115 cm³/mol. The van der Waals surface area contributed by atoms with E-state index in [-0.39, 0.29) is 24.1 Å². The van der Waals surface area contributed by atoms with Crippen molar-refractivity contribution in [3.05, 3.63) is 63.9 Å². The third kappa shape index (κ3) is 4.50. The highest BCUT2D eigenvalue weighted by molar-refractivity contribution is 7.21. The standard InChI is InChI=1S/C20H18BFN3O4P/c1-2-28-19(27)17-18(26)16-12(10-11-23)4-3-5-15(16)25(24-17)13-6-8-14(9-7-13)29-20(21,22)30/h3-9H,2,10,21,30H2,1H3. The summed E-state index contributed by atoms with van der Waals surface area (Å²) in [6.07, 6.45) is -0.00507. The number of halogens is 1. The molecule has 0 N–H and O–H groups in total. The van der Waals surface area contributed by atoms with Crippen molar-refractivity contribution in [3.63, 3.8) is 0 Å². The molecule has 1 heterocycles. The number of benzene rings is 2. The molecule has 0 aliphatic carbocycles. The second-order valence-electron chi connectivity index (χ2n) is 6.54. The van der Waals surface area contributed by atoms with Crippen molar-refractivity contribution in [2.75, 3.05) is 6.61 Å². The quantitative estimate of drug-likeness (QED) is 0.341. The first-order valence-corrected chi connectivity index (χ1v) is 9.69. The van der Waals surface area contributed by atoms with Crippen molar-refractivity contribution in [1.82, 2.24) is 9.78 Å². The molecule has 0 saturated heterocycles. The van der Waals surface area contributed by atoms with Gasteiger partial charge in [-0.25, -0.2) is 13.9 Å². The largest absolute Gasteiger partial charge is 0.464 e. The van der Waals surface area contributed by atoms with E-state index in [4.69, 9.17) is 14.7 Å². The molecule has 0 saturated carbocycles. The van der Waals surface area contributed by atoms with Gasteiger partial charge in [0.05, 0.1) is 35.7 Å². The zero-order valence-corrected chi connectivity index (χ0v) is 17.5. The van der Waals surface area contributed by atoms with Crippen LogP contribution in [0.1, 0.15) is 23.0 Å². The summed E-state index contributed by atoms with van der Waals surface area (Å²) in [5.41, 5.74) is -1.48. The fourth-order valence-electron chi connectivity index (χ4n) is 2.99. The molecule has 0 aliphatic rings. The van der Waals surface area contributed by atoms with Crippen molar-refractivity contribution in [1.29, 1.82) is 5.26 Å². The van der Waals surface area contributed by atoms with Gasteiger partial charge in [-0.2, -0.15) is 10.4 Å². The molecule has 0 radical (unpaired) electrons. The topological polar surface area (TPSA) is 94.2 Å². The Morgan fingerprint density at radius 1 is 1.33 bits per heavy atom. The van der Waals surface area contributed by atoms with Gasteiger partial charge in [-0.3, -0.25) is 4.79 Å². The molecular formula is C20H18BFN3O4P. The number of hydrogen-bond donors (Lipinski definition) is 0. The number of carbonyl (C=O) groups is 1. The molecule has 0 amide bonds. The summed E-state index contributed by atoms with van der Waals surface area (Å²) in [4.78, 5) is 25.3. The van der Waals surface area contributed by atoms with Gasteiger partial charge in [-0.05, 0) is 42.8 Å². The second kappa shape index (κ2) is 8.64. The number of carbonyl (C=O) groups excluding carboxylic acids is 1. The van der Waals surface area contributed by atoms with Gasteiger partial charge in [0.2, 0.25) is 24.5 Å². The first-order chi connectivity index (χ1) is 14.2. The summed E-state index contributed by atoms with van der Waals surface area (Å²) < 4.78 is 25.2. The lowest BCUT2D eigenvalue weighted by Crippen LogP contribution is -2.25. The van der Waals surface area contributed by atoms with E-state index in [1.54, 1.807) is 49.4 Å².